The second kappa shape index (κ2) is 5.67. The molecule has 0 radical (unpaired) electrons. The number of hydrogen-bond donors (Lipinski definition) is 1. The first-order valence-corrected chi connectivity index (χ1v) is 5.59. The summed E-state index contributed by atoms with van der Waals surface area (Å²) in [7, 11) is 1.53. The highest BCUT2D eigenvalue weighted by Gasteiger charge is 2.15. The van der Waals surface area contributed by atoms with E-state index in [0.29, 0.717) is 17.0 Å². The van der Waals surface area contributed by atoms with Gasteiger partial charge in [0.1, 0.15) is 11.4 Å². The van der Waals surface area contributed by atoms with Crippen LogP contribution < -0.4 is 10.1 Å². The normalized spacial score (nSPS) is 9.60. The summed E-state index contributed by atoms with van der Waals surface area (Å²) in [4.78, 5) is 14.6. The number of methoxy groups -OCH3 is 1. The van der Waals surface area contributed by atoms with Gasteiger partial charge in [0.25, 0.3) is 5.69 Å². The number of rotatable bonds is 4. The van der Waals surface area contributed by atoms with E-state index in [1.165, 1.54) is 19.2 Å². The Morgan fingerprint density at radius 1 is 1.40 bits per heavy atom. The largest absolute Gasteiger partial charge is 0.497 e. The number of aromatic nitrogens is 1. The molecule has 0 unspecified atom stereocenters. The molecule has 0 saturated heterocycles. The molecule has 20 heavy (non-hydrogen) atoms. The molecule has 1 N–H and O–H groups in total. The number of ether oxygens (including phenoxy) is 1. The van der Waals surface area contributed by atoms with Crippen LogP contribution in [0.4, 0.5) is 11.4 Å². The summed E-state index contributed by atoms with van der Waals surface area (Å²) in [6, 6.07) is 7.84. The van der Waals surface area contributed by atoms with Crippen molar-refractivity contribution < 1.29 is 9.66 Å². The van der Waals surface area contributed by atoms with Crippen molar-refractivity contribution in [1.29, 1.82) is 5.26 Å². The van der Waals surface area contributed by atoms with E-state index in [2.05, 4.69) is 10.3 Å². The maximum Gasteiger partial charge on any atom is 0.294 e. The van der Waals surface area contributed by atoms with Gasteiger partial charge < -0.3 is 4.74 Å². The van der Waals surface area contributed by atoms with Crippen molar-refractivity contribution in [3.8, 4) is 23.2 Å². The molecule has 0 bridgehead atoms. The number of nitro groups is 1. The lowest BCUT2D eigenvalue weighted by molar-refractivity contribution is -0.383. The van der Waals surface area contributed by atoms with Crippen molar-refractivity contribution >= 4 is 11.4 Å². The van der Waals surface area contributed by atoms with Gasteiger partial charge in [-0.05, 0) is 12.1 Å². The molecule has 0 spiro atoms. The highest BCUT2D eigenvalue weighted by molar-refractivity contribution is 5.73. The third-order valence-electron chi connectivity index (χ3n) is 2.65. The second-order valence-corrected chi connectivity index (χ2v) is 3.81. The molecule has 7 nitrogen and oxygen atoms in total. The van der Waals surface area contributed by atoms with Crippen LogP contribution in [0.2, 0.25) is 0 Å². The predicted molar refractivity (Wildman–Crippen MR) is 72.1 cm³/mol. The van der Waals surface area contributed by atoms with E-state index in [1.807, 2.05) is 0 Å². The molecule has 1 aromatic carbocycles. The van der Waals surface area contributed by atoms with Crippen LogP contribution in [-0.4, -0.2) is 17.0 Å². The van der Waals surface area contributed by atoms with Gasteiger partial charge in [0.15, 0.2) is 6.19 Å². The summed E-state index contributed by atoms with van der Waals surface area (Å²) >= 11 is 0. The predicted octanol–water partition coefficient (Wildman–Crippen LogP) is 2.56. The monoisotopic (exact) mass is 270 g/mol. The van der Waals surface area contributed by atoms with Crippen LogP contribution in [0.5, 0.6) is 5.75 Å². The Hall–Kier alpha value is -3.14. The van der Waals surface area contributed by atoms with Crippen LogP contribution in [0, 0.1) is 21.6 Å². The zero-order chi connectivity index (χ0) is 14.5. The summed E-state index contributed by atoms with van der Waals surface area (Å²) < 4.78 is 5.09. The van der Waals surface area contributed by atoms with Crippen LogP contribution in [0.1, 0.15) is 0 Å². The lowest BCUT2D eigenvalue weighted by atomic mass is 10.1. The maximum atomic E-state index is 11.0. The van der Waals surface area contributed by atoms with Gasteiger partial charge in [-0.3, -0.25) is 20.4 Å². The van der Waals surface area contributed by atoms with Crippen molar-refractivity contribution in [3.05, 3.63) is 46.6 Å². The minimum absolute atomic E-state index is 0.143. The molecule has 7 heteroatoms. The number of nitrogens with one attached hydrogen (secondary N) is 1. The van der Waals surface area contributed by atoms with Gasteiger partial charge in [-0.1, -0.05) is 6.07 Å². The van der Waals surface area contributed by atoms with Gasteiger partial charge in [0, 0.05) is 23.9 Å². The van der Waals surface area contributed by atoms with Crippen molar-refractivity contribution in [2.24, 2.45) is 0 Å². The number of benzene rings is 1. The highest BCUT2D eigenvalue weighted by atomic mass is 16.6. The van der Waals surface area contributed by atoms with Crippen molar-refractivity contribution in [3.63, 3.8) is 0 Å². The molecular weight excluding hydrogens is 260 g/mol. The number of nitro benzene ring substituents is 1. The Kier molecular flexibility index (Phi) is 3.77. The summed E-state index contributed by atoms with van der Waals surface area (Å²) in [5.41, 5.74) is 1.08. The molecule has 2 aromatic rings. The minimum atomic E-state index is -0.552. The maximum absolute atomic E-state index is 11.0. The van der Waals surface area contributed by atoms with Crippen LogP contribution in [-0.2, 0) is 0 Å². The Labute approximate surface area is 114 Å². The van der Waals surface area contributed by atoms with E-state index in [-0.39, 0.29) is 11.4 Å². The summed E-state index contributed by atoms with van der Waals surface area (Å²) in [5.74, 6) is 0.608. The third kappa shape index (κ3) is 2.64. The first-order valence-electron chi connectivity index (χ1n) is 5.59. The fourth-order valence-electron chi connectivity index (χ4n) is 1.70. The van der Waals surface area contributed by atoms with E-state index < -0.39 is 4.92 Å². The van der Waals surface area contributed by atoms with Gasteiger partial charge in [0.05, 0.1) is 17.7 Å². The molecule has 100 valence electrons. The summed E-state index contributed by atoms with van der Waals surface area (Å²) in [5, 5.41) is 21.9. The summed E-state index contributed by atoms with van der Waals surface area (Å²) in [6.07, 6.45) is 3.22. The molecular formula is C13H10N4O3. The first kappa shape index (κ1) is 13.3. The Bertz CT molecular complexity index is 694. The molecule has 0 aliphatic heterocycles. The Balaban J connectivity index is 2.50. The molecule has 0 aliphatic rings. The SMILES string of the molecule is COc1ccnc(-c2ccc(NC#N)c([N+](=O)[O-])c2)c1. The lowest BCUT2D eigenvalue weighted by Crippen LogP contribution is -1.97. The molecule has 1 heterocycles. The van der Waals surface area contributed by atoms with Crippen LogP contribution in [0.15, 0.2) is 36.5 Å². The van der Waals surface area contributed by atoms with Gasteiger partial charge in [-0.2, -0.15) is 5.26 Å². The molecule has 0 atom stereocenters. The Morgan fingerprint density at radius 3 is 2.85 bits per heavy atom. The molecule has 1 aromatic heterocycles. The van der Waals surface area contributed by atoms with Crippen molar-refractivity contribution in [2.45, 2.75) is 0 Å². The quantitative estimate of drug-likeness (QED) is 0.396. The lowest BCUT2D eigenvalue weighted by Gasteiger charge is -2.05. The van der Waals surface area contributed by atoms with Crippen LogP contribution in [0.3, 0.4) is 0 Å². The minimum Gasteiger partial charge on any atom is -0.497 e. The molecule has 0 aliphatic carbocycles. The van der Waals surface area contributed by atoms with E-state index in [0.717, 1.165) is 0 Å². The van der Waals surface area contributed by atoms with E-state index >= 15 is 0 Å². The topological polar surface area (TPSA) is 101 Å². The smallest absolute Gasteiger partial charge is 0.294 e. The zero-order valence-corrected chi connectivity index (χ0v) is 10.5. The van der Waals surface area contributed by atoms with E-state index in [1.54, 1.807) is 30.6 Å². The van der Waals surface area contributed by atoms with Crippen molar-refractivity contribution in [2.75, 3.05) is 12.4 Å². The van der Waals surface area contributed by atoms with Gasteiger partial charge in [-0.25, -0.2) is 0 Å². The van der Waals surface area contributed by atoms with Gasteiger partial charge in [0.2, 0.25) is 0 Å². The standard InChI is InChI=1S/C13H10N4O3/c1-20-10-4-5-15-12(7-10)9-2-3-11(16-8-14)13(6-9)17(18)19/h2-7,16H,1H3. The van der Waals surface area contributed by atoms with E-state index in [4.69, 9.17) is 10.00 Å². The number of nitriles is 1. The first-order chi connectivity index (χ1) is 9.65. The van der Waals surface area contributed by atoms with Crippen molar-refractivity contribution in [1.82, 2.24) is 4.98 Å². The number of pyridine rings is 1. The fourth-order valence-corrected chi connectivity index (χ4v) is 1.70. The third-order valence-corrected chi connectivity index (χ3v) is 2.65. The molecule has 0 saturated carbocycles. The average molecular weight is 270 g/mol. The number of anilines is 1. The van der Waals surface area contributed by atoms with Gasteiger partial charge in [-0.15, -0.1) is 0 Å². The van der Waals surface area contributed by atoms with E-state index in [9.17, 15) is 10.1 Å². The fraction of sp³-hybridized carbons (Fsp3) is 0.0769. The van der Waals surface area contributed by atoms with Gasteiger partial charge >= 0.3 is 0 Å². The summed E-state index contributed by atoms with van der Waals surface area (Å²) in [6.45, 7) is 0. The van der Waals surface area contributed by atoms with Crippen LogP contribution >= 0.6 is 0 Å². The highest BCUT2D eigenvalue weighted by Crippen LogP contribution is 2.30. The second-order valence-electron chi connectivity index (χ2n) is 3.81. The molecule has 2 rings (SSSR count). The number of hydrogen-bond acceptors (Lipinski definition) is 6. The average Bonchev–Trinajstić information content (AvgIpc) is 2.48. The molecule has 0 amide bonds. The zero-order valence-electron chi connectivity index (χ0n) is 10.5. The Morgan fingerprint density at radius 2 is 2.20 bits per heavy atom. The van der Waals surface area contributed by atoms with Crippen LogP contribution in [0.25, 0.3) is 11.3 Å². The molecule has 0 fully saturated rings. The number of nitrogens with zero attached hydrogens (tertiary/aromatic N) is 3.